The van der Waals surface area contributed by atoms with Crippen molar-refractivity contribution in [2.75, 3.05) is 6.61 Å². The summed E-state index contributed by atoms with van der Waals surface area (Å²) in [5, 5.41) is 9.05. The number of rotatable bonds is 4. The topological polar surface area (TPSA) is 46.5 Å². The first kappa shape index (κ1) is 9.68. The van der Waals surface area contributed by atoms with Crippen LogP contribution in [0, 0.1) is 0 Å². The van der Waals surface area contributed by atoms with Crippen LogP contribution in [0.1, 0.15) is 32.6 Å². The van der Waals surface area contributed by atoms with E-state index in [4.69, 9.17) is 9.84 Å². The van der Waals surface area contributed by atoms with Crippen molar-refractivity contribution in [1.82, 2.24) is 0 Å². The van der Waals surface area contributed by atoms with Gasteiger partial charge in [0.15, 0.2) is 6.29 Å². The first-order chi connectivity index (χ1) is 5.68. The smallest absolute Gasteiger partial charge is 0.151 e. The van der Waals surface area contributed by atoms with Crippen LogP contribution in [0.25, 0.3) is 0 Å². The Bertz CT molecular complexity index is 148. The molecule has 0 aliphatic carbocycles. The Balaban J connectivity index is 2.39. The van der Waals surface area contributed by atoms with Crippen molar-refractivity contribution in [3.8, 4) is 0 Å². The van der Waals surface area contributed by atoms with Gasteiger partial charge in [-0.1, -0.05) is 0 Å². The van der Waals surface area contributed by atoms with E-state index in [9.17, 15) is 4.79 Å². The van der Waals surface area contributed by atoms with E-state index < -0.39 is 5.60 Å². The highest BCUT2D eigenvalue weighted by molar-refractivity contribution is 5.62. The summed E-state index contributed by atoms with van der Waals surface area (Å²) < 4.78 is 5.36. The van der Waals surface area contributed by atoms with E-state index in [0.29, 0.717) is 19.4 Å². The molecule has 0 spiro atoms. The number of aliphatic hydroxyl groups excluding tert-OH is 1. The Morgan fingerprint density at radius 2 is 2.50 bits per heavy atom. The number of carbonyl (C=O) groups is 1. The van der Waals surface area contributed by atoms with Crippen LogP contribution in [0.2, 0.25) is 0 Å². The minimum atomic E-state index is -0.572. The fourth-order valence-electron chi connectivity index (χ4n) is 1.52. The maximum atomic E-state index is 10.7. The lowest BCUT2D eigenvalue weighted by Crippen LogP contribution is -2.30. The molecule has 1 aliphatic rings. The molecule has 70 valence electrons. The fraction of sp³-hybridized carbons (Fsp3) is 0.889. The minimum absolute atomic E-state index is 0.342. The molecule has 1 fully saturated rings. The molecule has 1 aliphatic heterocycles. The molecule has 0 bridgehead atoms. The van der Waals surface area contributed by atoms with E-state index in [0.717, 1.165) is 19.1 Å². The zero-order valence-electron chi connectivity index (χ0n) is 7.45. The molecule has 0 radical (unpaired) electrons. The highest BCUT2D eigenvalue weighted by atomic mass is 16.5. The minimum Gasteiger partial charge on any atom is -0.393 e. The van der Waals surface area contributed by atoms with Gasteiger partial charge in [0.25, 0.3) is 0 Å². The molecule has 0 aromatic rings. The van der Waals surface area contributed by atoms with Crippen LogP contribution in [-0.2, 0) is 9.53 Å². The molecule has 12 heavy (non-hydrogen) atoms. The first-order valence-corrected chi connectivity index (χ1v) is 4.47. The molecule has 1 saturated heterocycles. The quantitative estimate of drug-likeness (QED) is 0.641. The normalized spacial score (nSPS) is 31.8. The van der Waals surface area contributed by atoms with Crippen LogP contribution in [0.4, 0.5) is 0 Å². The summed E-state index contributed by atoms with van der Waals surface area (Å²) in [4.78, 5) is 10.7. The lowest BCUT2D eigenvalue weighted by Gasteiger charge is -2.21. The Labute approximate surface area is 72.7 Å². The van der Waals surface area contributed by atoms with Crippen molar-refractivity contribution in [1.29, 1.82) is 0 Å². The Kier molecular flexibility index (Phi) is 3.23. The number of ether oxygens (including phenoxy) is 1. The number of aldehydes is 1. The molecule has 3 heteroatoms. The van der Waals surface area contributed by atoms with Crippen LogP contribution in [0.15, 0.2) is 0 Å². The van der Waals surface area contributed by atoms with Gasteiger partial charge in [-0.2, -0.15) is 0 Å². The predicted molar refractivity (Wildman–Crippen MR) is 44.9 cm³/mol. The SMILES string of the molecule is CC(O)CCC1(C=O)CCCO1. The third kappa shape index (κ3) is 2.29. The van der Waals surface area contributed by atoms with Gasteiger partial charge in [-0.15, -0.1) is 0 Å². The number of hydrogen-bond donors (Lipinski definition) is 1. The molecular weight excluding hydrogens is 156 g/mol. The van der Waals surface area contributed by atoms with Gasteiger partial charge in [0.2, 0.25) is 0 Å². The molecule has 1 N–H and O–H groups in total. The predicted octanol–water partition coefficient (Wildman–Crippen LogP) is 0.895. The van der Waals surface area contributed by atoms with E-state index in [1.54, 1.807) is 6.92 Å². The third-order valence-corrected chi connectivity index (χ3v) is 2.33. The Morgan fingerprint density at radius 3 is 2.92 bits per heavy atom. The van der Waals surface area contributed by atoms with E-state index in [1.165, 1.54) is 0 Å². The molecule has 0 aromatic carbocycles. The average molecular weight is 172 g/mol. The standard InChI is InChI=1S/C9H16O3/c1-8(11)3-5-9(7-10)4-2-6-12-9/h7-8,11H,2-6H2,1H3. The van der Waals surface area contributed by atoms with Crippen LogP contribution in [0.3, 0.4) is 0 Å². The van der Waals surface area contributed by atoms with Crippen molar-refractivity contribution < 1.29 is 14.6 Å². The maximum absolute atomic E-state index is 10.7. The largest absolute Gasteiger partial charge is 0.393 e. The summed E-state index contributed by atoms with van der Waals surface area (Å²) in [7, 11) is 0. The molecule has 2 atom stereocenters. The zero-order chi connectivity index (χ0) is 9.03. The van der Waals surface area contributed by atoms with Gasteiger partial charge in [0.05, 0.1) is 6.10 Å². The molecule has 1 rings (SSSR count). The van der Waals surface area contributed by atoms with Crippen LogP contribution < -0.4 is 0 Å². The van der Waals surface area contributed by atoms with Gasteiger partial charge in [-0.3, -0.25) is 0 Å². The monoisotopic (exact) mass is 172 g/mol. The third-order valence-electron chi connectivity index (χ3n) is 2.33. The van der Waals surface area contributed by atoms with Crippen molar-refractivity contribution in [3.05, 3.63) is 0 Å². The second-order valence-corrected chi connectivity index (χ2v) is 3.52. The van der Waals surface area contributed by atoms with Crippen molar-refractivity contribution in [3.63, 3.8) is 0 Å². The van der Waals surface area contributed by atoms with Crippen molar-refractivity contribution in [2.24, 2.45) is 0 Å². The van der Waals surface area contributed by atoms with Crippen LogP contribution in [-0.4, -0.2) is 29.7 Å². The maximum Gasteiger partial charge on any atom is 0.151 e. The fourth-order valence-corrected chi connectivity index (χ4v) is 1.52. The zero-order valence-corrected chi connectivity index (χ0v) is 7.45. The summed E-state index contributed by atoms with van der Waals surface area (Å²) in [6.07, 6.45) is 3.60. The molecule has 0 aromatic heterocycles. The number of carbonyl (C=O) groups excluding carboxylic acids is 1. The summed E-state index contributed by atoms with van der Waals surface area (Å²) >= 11 is 0. The van der Waals surface area contributed by atoms with E-state index in [2.05, 4.69) is 0 Å². The van der Waals surface area contributed by atoms with E-state index >= 15 is 0 Å². The highest BCUT2D eigenvalue weighted by Gasteiger charge is 2.34. The second-order valence-electron chi connectivity index (χ2n) is 3.52. The Morgan fingerprint density at radius 1 is 1.75 bits per heavy atom. The van der Waals surface area contributed by atoms with Gasteiger partial charge >= 0.3 is 0 Å². The Hall–Kier alpha value is -0.410. The molecule has 3 nitrogen and oxygen atoms in total. The van der Waals surface area contributed by atoms with E-state index in [1.807, 2.05) is 0 Å². The number of hydrogen-bond acceptors (Lipinski definition) is 3. The van der Waals surface area contributed by atoms with Crippen LogP contribution in [0.5, 0.6) is 0 Å². The van der Waals surface area contributed by atoms with Crippen molar-refractivity contribution >= 4 is 6.29 Å². The number of aliphatic hydroxyl groups is 1. The molecule has 2 unspecified atom stereocenters. The van der Waals surface area contributed by atoms with Gasteiger partial charge in [-0.25, -0.2) is 0 Å². The lowest BCUT2D eigenvalue weighted by atomic mass is 9.95. The first-order valence-electron chi connectivity index (χ1n) is 4.47. The van der Waals surface area contributed by atoms with Gasteiger partial charge in [0.1, 0.15) is 5.60 Å². The average Bonchev–Trinajstić information content (AvgIpc) is 2.50. The second kappa shape index (κ2) is 4.01. The summed E-state index contributed by atoms with van der Waals surface area (Å²) in [5.41, 5.74) is -0.572. The molecule has 1 heterocycles. The van der Waals surface area contributed by atoms with Crippen molar-refractivity contribution in [2.45, 2.75) is 44.3 Å². The van der Waals surface area contributed by atoms with Gasteiger partial charge < -0.3 is 14.6 Å². The van der Waals surface area contributed by atoms with Gasteiger partial charge in [0, 0.05) is 6.61 Å². The summed E-state index contributed by atoms with van der Waals surface area (Å²) in [6, 6.07) is 0. The summed E-state index contributed by atoms with van der Waals surface area (Å²) in [6.45, 7) is 2.41. The van der Waals surface area contributed by atoms with Gasteiger partial charge in [-0.05, 0) is 32.6 Å². The molecule has 0 saturated carbocycles. The molecule has 0 amide bonds. The van der Waals surface area contributed by atoms with Crippen LogP contribution >= 0.6 is 0 Å². The summed E-state index contributed by atoms with van der Waals surface area (Å²) in [5.74, 6) is 0. The molecular formula is C9H16O3. The van der Waals surface area contributed by atoms with E-state index in [-0.39, 0.29) is 6.10 Å². The highest BCUT2D eigenvalue weighted by Crippen LogP contribution is 2.28. The lowest BCUT2D eigenvalue weighted by molar-refractivity contribution is -0.126.